The minimum atomic E-state index is -1.15. The van der Waals surface area contributed by atoms with Gasteiger partial charge in [0.15, 0.2) is 0 Å². The van der Waals surface area contributed by atoms with Crippen molar-refractivity contribution in [2.45, 2.75) is 58.7 Å². The molecule has 5 heteroatoms. The van der Waals surface area contributed by atoms with E-state index in [0.717, 1.165) is 17.6 Å². The average Bonchev–Trinajstić information content (AvgIpc) is 2.95. The summed E-state index contributed by atoms with van der Waals surface area (Å²) in [6, 6.07) is 0. The van der Waals surface area contributed by atoms with Crippen LogP contribution >= 0.6 is 0 Å². The van der Waals surface area contributed by atoms with Gasteiger partial charge in [-0.05, 0) is 55.1 Å². The number of hydrogen-bond acceptors (Lipinski definition) is 5. The first-order valence-corrected chi connectivity index (χ1v) is 9.52. The summed E-state index contributed by atoms with van der Waals surface area (Å²) in [6.07, 6.45) is 2.76. The van der Waals surface area contributed by atoms with Crippen molar-refractivity contribution in [3.63, 3.8) is 0 Å². The fraction of sp³-hybridized carbons (Fsp3) is 0.714. The van der Waals surface area contributed by atoms with E-state index in [2.05, 4.69) is 0 Å². The Bertz CT molecular complexity index is 703. The number of ether oxygens (including phenoxy) is 1. The number of hydrogen-bond donors (Lipinski definition) is 2. The van der Waals surface area contributed by atoms with Crippen LogP contribution in [0, 0.1) is 23.2 Å². The number of aliphatic hydroxyl groups excluding tert-OH is 1. The fourth-order valence-corrected chi connectivity index (χ4v) is 5.19. The third-order valence-electron chi connectivity index (χ3n) is 6.74. The Morgan fingerprint density at radius 1 is 1.35 bits per heavy atom. The Morgan fingerprint density at radius 3 is 2.58 bits per heavy atom. The maximum atomic E-state index is 13.0. The van der Waals surface area contributed by atoms with E-state index < -0.39 is 28.7 Å². The lowest BCUT2D eigenvalue weighted by Crippen LogP contribution is -2.40. The Hall–Kier alpha value is -1.30. The highest BCUT2D eigenvalue weighted by molar-refractivity contribution is 6.49. The van der Waals surface area contributed by atoms with Gasteiger partial charge in [-0.2, -0.15) is 0 Å². The van der Waals surface area contributed by atoms with Gasteiger partial charge >= 0.3 is 0 Å². The van der Waals surface area contributed by atoms with E-state index in [1.165, 1.54) is 0 Å². The maximum Gasteiger partial charge on any atom is 0.226 e. The maximum absolute atomic E-state index is 13.0. The highest BCUT2D eigenvalue weighted by Gasteiger charge is 2.55. The molecule has 1 saturated carbocycles. The number of fused-ring (bicyclic) bond motifs is 2. The number of allylic oxidation sites excluding steroid dienone is 2. The van der Waals surface area contributed by atoms with Crippen molar-refractivity contribution < 1.29 is 24.5 Å². The van der Waals surface area contributed by atoms with E-state index in [1.54, 1.807) is 14.0 Å². The molecule has 0 aromatic carbocycles. The van der Waals surface area contributed by atoms with Crippen molar-refractivity contribution in [3.8, 4) is 0 Å². The van der Waals surface area contributed by atoms with Crippen LogP contribution in [-0.2, 0) is 14.3 Å². The molecule has 0 heterocycles. The first-order chi connectivity index (χ1) is 12.1. The molecule has 3 aliphatic rings. The predicted octanol–water partition coefficient (Wildman–Crippen LogP) is 2.21. The first kappa shape index (κ1) is 19.5. The van der Waals surface area contributed by atoms with Crippen LogP contribution in [0.3, 0.4) is 0 Å². The number of carbonyl (C=O) groups excluding carboxylic acids is 2. The number of rotatable bonds is 3. The zero-order valence-electron chi connectivity index (χ0n) is 16.3. The summed E-state index contributed by atoms with van der Waals surface area (Å²) in [6.45, 7) is 7.70. The average molecular weight is 362 g/mol. The summed E-state index contributed by atoms with van der Waals surface area (Å²) < 4.78 is 5.25. The summed E-state index contributed by atoms with van der Waals surface area (Å²) in [5.74, 6) is -1.06. The minimum Gasteiger partial charge on any atom is -0.392 e. The molecule has 0 spiro atoms. The van der Waals surface area contributed by atoms with Gasteiger partial charge < -0.3 is 14.9 Å². The van der Waals surface area contributed by atoms with E-state index in [9.17, 15) is 19.8 Å². The van der Waals surface area contributed by atoms with Gasteiger partial charge in [-0.15, -0.1) is 0 Å². The molecule has 0 bridgehead atoms. The van der Waals surface area contributed by atoms with Crippen molar-refractivity contribution in [1.82, 2.24) is 0 Å². The number of carbonyl (C=O) groups is 2. The van der Waals surface area contributed by atoms with Crippen LogP contribution in [0.4, 0.5) is 0 Å². The van der Waals surface area contributed by atoms with Gasteiger partial charge in [-0.1, -0.05) is 26.8 Å². The summed E-state index contributed by atoms with van der Waals surface area (Å²) in [7, 11) is 1.54. The van der Waals surface area contributed by atoms with Crippen LogP contribution in [0.25, 0.3) is 0 Å². The molecule has 144 valence electrons. The lowest BCUT2D eigenvalue weighted by Gasteiger charge is -2.37. The van der Waals surface area contributed by atoms with E-state index in [0.29, 0.717) is 18.4 Å². The van der Waals surface area contributed by atoms with E-state index in [4.69, 9.17) is 4.74 Å². The predicted molar refractivity (Wildman–Crippen MR) is 97.4 cm³/mol. The van der Waals surface area contributed by atoms with Crippen molar-refractivity contribution in [3.05, 3.63) is 22.8 Å². The number of methoxy groups -OCH3 is 1. The molecule has 3 rings (SSSR count). The van der Waals surface area contributed by atoms with Crippen LogP contribution in [0.2, 0.25) is 0 Å². The number of ketones is 2. The lowest BCUT2D eigenvalue weighted by atomic mass is 9.69. The summed E-state index contributed by atoms with van der Waals surface area (Å²) in [5.41, 5.74) is -0.233. The van der Waals surface area contributed by atoms with Crippen molar-refractivity contribution in [1.29, 1.82) is 0 Å². The lowest BCUT2D eigenvalue weighted by molar-refractivity contribution is -0.136. The van der Waals surface area contributed by atoms with Crippen LogP contribution in [-0.4, -0.2) is 47.2 Å². The van der Waals surface area contributed by atoms with Crippen LogP contribution in [0.5, 0.6) is 0 Å². The topological polar surface area (TPSA) is 83.8 Å². The van der Waals surface area contributed by atoms with Crippen molar-refractivity contribution >= 4 is 11.6 Å². The Kier molecular flexibility index (Phi) is 4.79. The highest BCUT2D eigenvalue weighted by atomic mass is 16.5. The van der Waals surface area contributed by atoms with Crippen molar-refractivity contribution in [2.24, 2.45) is 23.2 Å². The molecule has 0 aliphatic heterocycles. The zero-order valence-corrected chi connectivity index (χ0v) is 16.3. The third-order valence-corrected chi connectivity index (χ3v) is 6.74. The molecule has 0 aromatic rings. The summed E-state index contributed by atoms with van der Waals surface area (Å²) >= 11 is 0. The van der Waals surface area contributed by atoms with Gasteiger partial charge in [0, 0.05) is 12.7 Å². The van der Waals surface area contributed by atoms with Gasteiger partial charge in [0.25, 0.3) is 0 Å². The molecule has 0 saturated heterocycles. The Balaban J connectivity index is 2.25. The quantitative estimate of drug-likeness (QED) is 0.594. The molecule has 0 amide bonds. The number of aliphatic hydroxyl groups is 2. The Labute approximate surface area is 155 Å². The standard InChI is InChI=1S/C21H30O5/c1-11(2)17-14-8-16(22)12(3)13-6-7-21(25,10-26-5)15(13)9-20(14,4)19(24)18(17)23/h9,11-13,16,22,25H,6-8,10H2,1-5H3. The molecule has 3 aliphatic carbocycles. The van der Waals surface area contributed by atoms with E-state index in [-0.39, 0.29) is 24.4 Å². The highest BCUT2D eigenvalue weighted by Crippen LogP contribution is 2.53. The van der Waals surface area contributed by atoms with Gasteiger partial charge in [-0.25, -0.2) is 0 Å². The van der Waals surface area contributed by atoms with Crippen LogP contribution in [0.1, 0.15) is 47.0 Å². The van der Waals surface area contributed by atoms with Gasteiger partial charge in [-0.3, -0.25) is 9.59 Å². The Morgan fingerprint density at radius 2 is 2.00 bits per heavy atom. The second-order valence-corrected chi connectivity index (χ2v) is 8.75. The van der Waals surface area contributed by atoms with E-state index in [1.807, 2.05) is 26.8 Å². The molecule has 5 nitrogen and oxygen atoms in total. The van der Waals surface area contributed by atoms with E-state index >= 15 is 0 Å². The molecular weight excluding hydrogens is 332 g/mol. The minimum absolute atomic E-state index is 0.0190. The monoisotopic (exact) mass is 362 g/mol. The molecule has 5 unspecified atom stereocenters. The molecule has 1 fully saturated rings. The van der Waals surface area contributed by atoms with Gasteiger partial charge in [0.2, 0.25) is 11.6 Å². The second kappa shape index (κ2) is 6.39. The molecule has 5 atom stereocenters. The van der Waals surface area contributed by atoms with Crippen molar-refractivity contribution in [2.75, 3.05) is 13.7 Å². The number of Topliss-reactive ketones (excluding diaryl/α,β-unsaturated/α-hetero) is 2. The van der Waals surface area contributed by atoms with Crippen LogP contribution < -0.4 is 0 Å². The SMILES string of the molecule is COCC1(O)CCC2C1=CC1(C)C(=O)C(=O)C(C(C)C)=C1CC(O)C2C. The van der Waals surface area contributed by atoms with Gasteiger partial charge in [0.1, 0.15) is 5.60 Å². The largest absolute Gasteiger partial charge is 0.392 e. The zero-order chi connectivity index (χ0) is 19.4. The first-order valence-electron chi connectivity index (χ1n) is 9.52. The molecular formula is C21H30O5. The molecule has 0 radical (unpaired) electrons. The molecule has 26 heavy (non-hydrogen) atoms. The smallest absolute Gasteiger partial charge is 0.226 e. The second-order valence-electron chi connectivity index (χ2n) is 8.75. The fourth-order valence-electron chi connectivity index (χ4n) is 5.19. The summed E-state index contributed by atoms with van der Waals surface area (Å²) in [5, 5.41) is 22.0. The molecule has 0 aromatic heterocycles. The normalized spacial score (nSPS) is 40.5. The van der Waals surface area contributed by atoms with Gasteiger partial charge in [0.05, 0.1) is 18.1 Å². The third kappa shape index (κ3) is 2.63. The van der Waals surface area contributed by atoms with Crippen LogP contribution in [0.15, 0.2) is 22.8 Å². The molecule has 2 N–H and O–H groups in total. The summed E-state index contributed by atoms with van der Waals surface area (Å²) in [4.78, 5) is 25.7.